The number of aromatic nitrogens is 3. The molecule has 1 heterocycles. The lowest BCUT2D eigenvalue weighted by molar-refractivity contribution is 0.509. The molecule has 0 radical (unpaired) electrons. The minimum Gasteiger partial charge on any atom is -0.278 e. The molecule has 21 heavy (non-hydrogen) atoms. The molecule has 0 saturated carbocycles. The zero-order valence-electron chi connectivity index (χ0n) is 10.8. The molecule has 0 saturated heterocycles. The van der Waals surface area contributed by atoms with Crippen LogP contribution in [-0.2, 0) is 5.33 Å². The topological polar surface area (TPSA) is 30.7 Å². The van der Waals surface area contributed by atoms with E-state index in [-0.39, 0.29) is 0 Å². The first-order valence-corrected chi connectivity index (χ1v) is 7.34. The van der Waals surface area contributed by atoms with Crippen molar-refractivity contribution in [3.05, 3.63) is 66.0 Å². The van der Waals surface area contributed by atoms with Gasteiger partial charge in [0.15, 0.2) is 17.5 Å². The number of hydrogen-bond donors (Lipinski definition) is 0. The van der Waals surface area contributed by atoms with Gasteiger partial charge in [0.1, 0.15) is 5.82 Å². The molecule has 6 heteroatoms. The Morgan fingerprint density at radius 3 is 2.38 bits per heavy atom. The minimum atomic E-state index is -0.907. The van der Waals surface area contributed by atoms with Crippen molar-refractivity contribution in [1.82, 2.24) is 14.8 Å². The second kappa shape index (κ2) is 5.73. The summed E-state index contributed by atoms with van der Waals surface area (Å²) in [4.78, 5) is 0. The first kappa shape index (κ1) is 13.9. The molecule has 0 N–H and O–H groups in total. The summed E-state index contributed by atoms with van der Waals surface area (Å²) in [5.74, 6) is -0.642. The van der Waals surface area contributed by atoms with Crippen LogP contribution < -0.4 is 0 Å². The van der Waals surface area contributed by atoms with Gasteiger partial charge in [0.25, 0.3) is 0 Å². The van der Waals surface area contributed by atoms with Crippen LogP contribution in [0.25, 0.3) is 17.1 Å². The summed E-state index contributed by atoms with van der Waals surface area (Å²) >= 11 is 3.36. The molecule has 3 aromatic rings. The van der Waals surface area contributed by atoms with Crippen molar-refractivity contribution >= 4 is 15.9 Å². The van der Waals surface area contributed by atoms with Gasteiger partial charge in [-0.3, -0.25) is 4.57 Å². The average molecular weight is 350 g/mol. The summed E-state index contributed by atoms with van der Waals surface area (Å²) in [7, 11) is 0. The molecule has 0 atom stereocenters. The van der Waals surface area contributed by atoms with Gasteiger partial charge in [-0.2, -0.15) is 0 Å². The number of benzene rings is 2. The molecule has 0 aliphatic heterocycles. The molecule has 0 spiro atoms. The average Bonchev–Trinajstić information content (AvgIpc) is 2.95. The first-order valence-electron chi connectivity index (χ1n) is 6.22. The molecule has 1 aromatic heterocycles. The number of hydrogen-bond acceptors (Lipinski definition) is 2. The zero-order valence-corrected chi connectivity index (χ0v) is 12.4. The SMILES string of the molecule is Fc1ccc(-c2nnc(CBr)n2-c2ccccc2)cc1F. The van der Waals surface area contributed by atoms with E-state index in [0.29, 0.717) is 22.5 Å². The highest BCUT2D eigenvalue weighted by atomic mass is 79.9. The second-order valence-electron chi connectivity index (χ2n) is 4.37. The fourth-order valence-electron chi connectivity index (χ4n) is 2.07. The van der Waals surface area contributed by atoms with Crippen molar-refractivity contribution in [3.63, 3.8) is 0 Å². The van der Waals surface area contributed by atoms with Gasteiger partial charge in [0, 0.05) is 11.3 Å². The Morgan fingerprint density at radius 1 is 0.952 bits per heavy atom. The van der Waals surface area contributed by atoms with Crippen molar-refractivity contribution < 1.29 is 8.78 Å². The van der Waals surface area contributed by atoms with E-state index in [4.69, 9.17) is 0 Å². The standard InChI is InChI=1S/C15H10BrF2N3/c16-9-14-19-20-15(10-6-7-12(17)13(18)8-10)21(14)11-4-2-1-3-5-11/h1-8H,9H2. The summed E-state index contributed by atoms with van der Waals surface area (Å²) in [6, 6.07) is 13.2. The van der Waals surface area contributed by atoms with Gasteiger partial charge in [-0.25, -0.2) is 8.78 Å². The maximum atomic E-state index is 13.4. The van der Waals surface area contributed by atoms with Crippen molar-refractivity contribution in [3.8, 4) is 17.1 Å². The monoisotopic (exact) mass is 349 g/mol. The lowest BCUT2D eigenvalue weighted by Crippen LogP contribution is -2.01. The highest BCUT2D eigenvalue weighted by Gasteiger charge is 2.16. The van der Waals surface area contributed by atoms with Crippen LogP contribution in [-0.4, -0.2) is 14.8 Å². The van der Waals surface area contributed by atoms with Crippen LogP contribution in [0.4, 0.5) is 8.78 Å². The smallest absolute Gasteiger partial charge is 0.168 e. The van der Waals surface area contributed by atoms with Gasteiger partial charge in [0.2, 0.25) is 0 Å². The molecule has 2 aromatic carbocycles. The zero-order chi connectivity index (χ0) is 14.8. The lowest BCUT2D eigenvalue weighted by atomic mass is 10.2. The molecule has 3 nitrogen and oxygen atoms in total. The molecular formula is C15H10BrF2N3. The van der Waals surface area contributed by atoms with Gasteiger partial charge in [-0.15, -0.1) is 10.2 Å². The number of alkyl halides is 1. The highest BCUT2D eigenvalue weighted by molar-refractivity contribution is 9.08. The van der Waals surface area contributed by atoms with E-state index in [1.54, 1.807) is 4.57 Å². The first-order chi connectivity index (χ1) is 10.2. The summed E-state index contributed by atoms with van der Waals surface area (Å²) < 4.78 is 28.3. The molecule has 106 valence electrons. The minimum absolute atomic E-state index is 0.467. The molecule has 3 rings (SSSR count). The number of nitrogens with zero attached hydrogens (tertiary/aromatic N) is 3. The highest BCUT2D eigenvalue weighted by Crippen LogP contribution is 2.25. The van der Waals surface area contributed by atoms with Gasteiger partial charge >= 0.3 is 0 Å². The van der Waals surface area contributed by atoms with Crippen LogP contribution in [0.15, 0.2) is 48.5 Å². The predicted octanol–water partition coefficient (Wildman–Crippen LogP) is 4.11. The third-order valence-corrected chi connectivity index (χ3v) is 3.54. The van der Waals surface area contributed by atoms with E-state index < -0.39 is 11.6 Å². The van der Waals surface area contributed by atoms with Gasteiger partial charge in [-0.05, 0) is 30.3 Å². The van der Waals surface area contributed by atoms with Gasteiger partial charge in [-0.1, -0.05) is 34.1 Å². The largest absolute Gasteiger partial charge is 0.278 e. The molecule has 0 unspecified atom stereocenters. The predicted molar refractivity (Wildman–Crippen MR) is 79.3 cm³/mol. The molecule has 0 amide bonds. The van der Waals surface area contributed by atoms with Gasteiger partial charge < -0.3 is 0 Å². The lowest BCUT2D eigenvalue weighted by Gasteiger charge is -2.09. The van der Waals surface area contributed by atoms with Crippen LogP contribution in [0.3, 0.4) is 0 Å². The molecule has 0 bridgehead atoms. The second-order valence-corrected chi connectivity index (χ2v) is 4.93. The molecule has 0 fully saturated rings. The van der Waals surface area contributed by atoms with Crippen LogP contribution >= 0.6 is 15.9 Å². The number of halogens is 3. The summed E-state index contributed by atoms with van der Waals surface area (Å²) in [6.07, 6.45) is 0. The Hall–Kier alpha value is -2.08. The number of rotatable bonds is 3. The Labute approximate surface area is 128 Å². The van der Waals surface area contributed by atoms with E-state index >= 15 is 0 Å². The van der Waals surface area contributed by atoms with Crippen molar-refractivity contribution in [2.24, 2.45) is 0 Å². The fourth-order valence-corrected chi connectivity index (χ4v) is 2.44. The molecular weight excluding hydrogens is 340 g/mol. The fraction of sp³-hybridized carbons (Fsp3) is 0.0667. The van der Waals surface area contributed by atoms with E-state index in [1.807, 2.05) is 30.3 Å². The summed E-state index contributed by atoms with van der Waals surface area (Å²) in [5, 5.41) is 8.69. The van der Waals surface area contributed by atoms with Crippen molar-refractivity contribution in [1.29, 1.82) is 0 Å². The van der Waals surface area contributed by atoms with E-state index in [1.165, 1.54) is 6.07 Å². The van der Waals surface area contributed by atoms with Crippen molar-refractivity contribution in [2.75, 3.05) is 0 Å². The van der Waals surface area contributed by atoms with Crippen LogP contribution in [0.5, 0.6) is 0 Å². The third-order valence-electron chi connectivity index (χ3n) is 3.04. The van der Waals surface area contributed by atoms with E-state index in [9.17, 15) is 8.78 Å². The van der Waals surface area contributed by atoms with E-state index in [2.05, 4.69) is 26.1 Å². The van der Waals surface area contributed by atoms with Crippen molar-refractivity contribution in [2.45, 2.75) is 5.33 Å². The van der Waals surface area contributed by atoms with Crippen LogP contribution in [0.2, 0.25) is 0 Å². The van der Waals surface area contributed by atoms with Crippen LogP contribution in [0, 0.1) is 11.6 Å². The summed E-state index contributed by atoms with van der Waals surface area (Å²) in [6.45, 7) is 0. The normalized spacial score (nSPS) is 10.8. The van der Waals surface area contributed by atoms with Gasteiger partial charge in [0.05, 0.1) is 5.33 Å². The Kier molecular flexibility index (Phi) is 3.79. The van der Waals surface area contributed by atoms with E-state index in [0.717, 1.165) is 17.8 Å². The van der Waals surface area contributed by atoms with Crippen LogP contribution in [0.1, 0.15) is 5.82 Å². The quantitative estimate of drug-likeness (QED) is 0.666. The maximum absolute atomic E-state index is 13.4. The Morgan fingerprint density at radius 2 is 1.71 bits per heavy atom. The summed E-state index contributed by atoms with van der Waals surface area (Å²) in [5.41, 5.74) is 1.33. The Balaban J connectivity index is 2.20. The maximum Gasteiger partial charge on any atom is 0.168 e. The molecule has 0 aliphatic carbocycles. The third kappa shape index (κ3) is 2.58. The molecule has 0 aliphatic rings. The Bertz CT molecular complexity index is 772. The number of para-hydroxylation sites is 1.